The van der Waals surface area contributed by atoms with Gasteiger partial charge in [0.05, 0.1) is 6.54 Å². The molecule has 0 aliphatic heterocycles. The Balaban J connectivity index is 2.64. The van der Waals surface area contributed by atoms with Gasteiger partial charge in [-0.25, -0.2) is 0 Å². The standard InChI is InChI=1S/C14H29N3O/c1-5-14(4,11-15)16(6-2)10-13(18)17(7-3)12-8-9-12/h12H,5-11,15H2,1-4H3. The molecule has 0 saturated heterocycles. The largest absolute Gasteiger partial charge is 0.339 e. The van der Waals surface area contributed by atoms with E-state index in [1.54, 1.807) is 0 Å². The number of rotatable bonds is 8. The van der Waals surface area contributed by atoms with Crippen LogP contribution in [0.5, 0.6) is 0 Å². The highest BCUT2D eigenvalue weighted by Gasteiger charge is 2.34. The average molecular weight is 255 g/mol. The zero-order valence-electron chi connectivity index (χ0n) is 12.4. The lowest BCUT2D eigenvalue weighted by molar-refractivity contribution is -0.134. The molecule has 0 bridgehead atoms. The summed E-state index contributed by atoms with van der Waals surface area (Å²) in [4.78, 5) is 16.6. The molecular weight excluding hydrogens is 226 g/mol. The summed E-state index contributed by atoms with van der Waals surface area (Å²) in [5.41, 5.74) is 5.82. The second-order valence-electron chi connectivity index (χ2n) is 5.48. The Morgan fingerprint density at radius 3 is 2.22 bits per heavy atom. The van der Waals surface area contributed by atoms with Crippen molar-refractivity contribution in [1.82, 2.24) is 9.80 Å². The van der Waals surface area contributed by atoms with Crippen LogP contribution in [0, 0.1) is 0 Å². The minimum absolute atomic E-state index is 0.0621. The van der Waals surface area contributed by atoms with Crippen LogP contribution in [0.2, 0.25) is 0 Å². The summed E-state index contributed by atoms with van der Waals surface area (Å²) < 4.78 is 0. The van der Waals surface area contributed by atoms with Crippen molar-refractivity contribution < 1.29 is 4.79 Å². The second-order valence-corrected chi connectivity index (χ2v) is 5.48. The number of likely N-dealkylation sites (N-methyl/N-ethyl adjacent to an activating group) is 2. The molecule has 1 amide bonds. The Hall–Kier alpha value is -0.610. The van der Waals surface area contributed by atoms with Crippen molar-refractivity contribution in [1.29, 1.82) is 0 Å². The highest BCUT2D eigenvalue weighted by molar-refractivity contribution is 5.79. The van der Waals surface area contributed by atoms with Gasteiger partial charge in [0.2, 0.25) is 5.91 Å². The fourth-order valence-electron chi connectivity index (χ4n) is 2.46. The Labute approximate surface area is 111 Å². The van der Waals surface area contributed by atoms with Crippen LogP contribution in [0.4, 0.5) is 0 Å². The summed E-state index contributed by atoms with van der Waals surface area (Å²) in [5.74, 6) is 0.259. The molecule has 106 valence electrons. The fourth-order valence-corrected chi connectivity index (χ4v) is 2.46. The lowest BCUT2D eigenvalue weighted by atomic mass is 9.96. The average Bonchev–Trinajstić information content (AvgIpc) is 3.20. The maximum absolute atomic E-state index is 12.3. The molecule has 1 fully saturated rings. The van der Waals surface area contributed by atoms with E-state index in [0.717, 1.165) is 19.5 Å². The van der Waals surface area contributed by atoms with E-state index >= 15 is 0 Å². The maximum atomic E-state index is 12.3. The minimum Gasteiger partial charge on any atom is -0.339 e. The van der Waals surface area contributed by atoms with E-state index in [9.17, 15) is 4.79 Å². The predicted octanol–water partition coefficient (Wildman–Crippen LogP) is 1.45. The molecule has 0 aromatic rings. The third kappa shape index (κ3) is 3.45. The number of carbonyl (C=O) groups excluding carboxylic acids is 1. The number of amides is 1. The number of hydrogen-bond acceptors (Lipinski definition) is 3. The molecule has 2 N–H and O–H groups in total. The normalized spacial score (nSPS) is 18.8. The van der Waals surface area contributed by atoms with Crippen LogP contribution in [0.25, 0.3) is 0 Å². The predicted molar refractivity (Wildman–Crippen MR) is 75.4 cm³/mol. The zero-order valence-corrected chi connectivity index (χ0v) is 12.4. The van der Waals surface area contributed by atoms with Crippen molar-refractivity contribution in [2.45, 2.75) is 58.5 Å². The first-order valence-corrected chi connectivity index (χ1v) is 7.26. The van der Waals surface area contributed by atoms with Gasteiger partial charge in [-0.2, -0.15) is 0 Å². The van der Waals surface area contributed by atoms with Crippen molar-refractivity contribution in [2.75, 3.05) is 26.2 Å². The van der Waals surface area contributed by atoms with Gasteiger partial charge in [0, 0.05) is 24.7 Å². The third-order valence-electron chi connectivity index (χ3n) is 4.32. The lowest BCUT2D eigenvalue weighted by Crippen LogP contribution is -2.54. The van der Waals surface area contributed by atoms with Crippen molar-refractivity contribution >= 4 is 5.91 Å². The van der Waals surface area contributed by atoms with Crippen LogP contribution in [-0.4, -0.2) is 53.5 Å². The van der Waals surface area contributed by atoms with Crippen LogP contribution >= 0.6 is 0 Å². The van der Waals surface area contributed by atoms with Crippen molar-refractivity contribution in [3.05, 3.63) is 0 Å². The topological polar surface area (TPSA) is 49.6 Å². The van der Waals surface area contributed by atoms with Gasteiger partial charge in [-0.15, -0.1) is 0 Å². The van der Waals surface area contributed by atoms with Gasteiger partial charge in [0.1, 0.15) is 0 Å². The van der Waals surface area contributed by atoms with Crippen molar-refractivity contribution in [3.63, 3.8) is 0 Å². The third-order valence-corrected chi connectivity index (χ3v) is 4.32. The smallest absolute Gasteiger partial charge is 0.237 e. The summed E-state index contributed by atoms with van der Waals surface area (Å²) in [6.07, 6.45) is 3.32. The first-order chi connectivity index (χ1) is 8.52. The second kappa shape index (κ2) is 6.53. The van der Waals surface area contributed by atoms with Gasteiger partial charge < -0.3 is 10.6 Å². The highest BCUT2D eigenvalue weighted by Crippen LogP contribution is 2.27. The summed E-state index contributed by atoms with van der Waals surface area (Å²) in [6.45, 7) is 11.2. The van der Waals surface area contributed by atoms with Crippen molar-refractivity contribution in [3.8, 4) is 0 Å². The van der Waals surface area contributed by atoms with Gasteiger partial charge in [0.25, 0.3) is 0 Å². The molecule has 1 aliphatic carbocycles. The highest BCUT2D eigenvalue weighted by atomic mass is 16.2. The Kier molecular flexibility index (Phi) is 5.60. The quantitative estimate of drug-likeness (QED) is 0.714. The Morgan fingerprint density at radius 2 is 1.89 bits per heavy atom. The van der Waals surface area contributed by atoms with E-state index in [-0.39, 0.29) is 11.4 Å². The van der Waals surface area contributed by atoms with E-state index in [1.807, 2.05) is 4.90 Å². The molecule has 1 atom stereocenters. The molecule has 0 aromatic carbocycles. The molecule has 1 unspecified atom stereocenters. The molecule has 1 rings (SSSR count). The van der Waals surface area contributed by atoms with E-state index < -0.39 is 0 Å². The molecule has 4 heteroatoms. The molecule has 0 aromatic heterocycles. The summed E-state index contributed by atoms with van der Waals surface area (Å²) in [6, 6.07) is 0.506. The summed E-state index contributed by atoms with van der Waals surface area (Å²) in [5, 5.41) is 0. The van der Waals surface area contributed by atoms with Crippen molar-refractivity contribution in [2.24, 2.45) is 5.73 Å². The van der Waals surface area contributed by atoms with Gasteiger partial charge in [0.15, 0.2) is 0 Å². The van der Waals surface area contributed by atoms with Crippen LogP contribution in [-0.2, 0) is 4.79 Å². The number of nitrogens with two attached hydrogens (primary N) is 1. The zero-order chi connectivity index (χ0) is 13.8. The van der Waals surface area contributed by atoms with Crippen LogP contribution < -0.4 is 5.73 Å². The van der Waals surface area contributed by atoms with Gasteiger partial charge in [-0.1, -0.05) is 13.8 Å². The molecule has 1 aliphatic rings. The van der Waals surface area contributed by atoms with Crippen LogP contribution in [0.15, 0.2) is 0 Å². The minimum atomic E-state index is -0.0621. The first-order valence-electron chi connectivity index (χ1n) is 7.26. The summed E-state index contributed by atoms with van der Waals surface area (Å²) >= 11 is 0. The van der Waals surface area contributed by atoms with Gasteiger partial charge in [-0.05, 0) is 39.7 Å². The fraction of sp³-hybridized carbons (Fsp3) is 0.929. The first kappa shape index (κ1) is 15.4. The molecule has 18 heavy (non-hydrogen) atoms. The van der Waals surface area contributed by atoms with Crippen LogP contribution in [0.3, 0.4) is 0 Å². The van der Waals surface area contributed by atoms with Crippen LogP contribution in [0.1, 0.15) is 47.0 Å². The van der Waals surface area contributed by atoms with E-state index in [1.165, 1.54) is 12.8 Å². The molecule has 0 heterocycles. The number of carbonyl (C=O) groups is 1. The monoisotopic (exact) mass is 255 g/mol. The molecule has 4 nitrogen and oxygen atoms in total. The maximum Gasteiger partial charge on any atom is 0.237 e. The molecule has 1 saturated carbocycles. The lowest BCUT2D eigenvalue weighted by Gasteiger charge is -2.40. The Morgan fingerprint density at radius 1 is 1.28 bits per heavy atom. The van der Waals surface area contributed by atoms with E-state index in [4.69, 9.17) is 5.73 Å². The Bertz CT molecular complexity index is 272. The molecular formula is C14H29N3O. The van der Waals surface area contributed by atoms with Gasteiger partial charge in [-0.3, -0.25) is 9.69 Å². The van der Waals surface area contributed by atoms with Gasteiger partial charge >= 0.3 is 0 Å². The van der Waals surface area contributed by atoms with E-state index in [2.05, 4.69) is 32.6 Å². The number of hydrogen-bond donors (Lipinski definition) is 1. The molecule has 0 spiro atoms. The molecule has 0 radical (unpaired) electrons. The van der Waals surface area contributed by atoms with E-state index in [0.29, 0.717) is 19.1 Å². The summed E-state index contributed by atoms with van der Waals surface area (Å²) in [7, 11) is 0. The SMILES string of the molecule is CCN(C(=O)CN(CC)C(C)(CC)CN)C1CC1. The number of nitrogens with zero attached hydrogens (tertiary/aromatic N) is 2.